The van der Waals surface area contributed by atoms with Crippen LogP contribution in [0.2, 0.25) is 0 Å². The van der Waals surface area contributed by atoms with Crippen molar-refractivity contribution >= 4 is 23.3 Å². The first-order valence-corrected chi connectivity index (χ1v) is 7.75. The van der Waals surface area contributed by atoms with Crippen molar-refractivity contribution in [3.63, 3.8) is 0 Å². The number of hydrogen-bond acceptors (Lipinski definition) is 3. The van der Waals surface area contributed by atoms with Crippen molar-refractivity contribution in [2.75, 3.05) is 6.54 Å². The molecule has 0 radical (unpaired) electrons. The summed E-state index contributed by atoms with van der Waals surface area (Å²) < 4.78 is 0. The minimum atomic E-state index is -0.846. The predicted octanol–water partition coefficient (Wildman–Crippen LogP) is 2.33. The Labute approximate surface area is 122 Å². The molecule has 2 amide bonds. The first kappa shape index (κ1) is 14.8. The largest absolute Gasteiger partial charge is 0.481 e. The number of carbonyl (C=O) groups is 2. The van der Waals surface area contributed by atoms with Gasteiger partial charge in [-0.1, -0.05) is 6.07 Å². The van der Waals surface area contributed by atoms with Gasteiger partial charge >= 0.3 is 12.0 Å². The van der Waals surface area contributed by atoms with E-state index in [-0.39, 0.29) is 24.5 Å². The number of thiophene rings is 1. The normalized spacial score (nSPS) is 19.9. The second kappa shape index (κ2) is 6.74. The van der Waals surface area contributed by atoms with Gasteiger partial charge in [0.2, 0.25) is 0 Å². The van der Waals surface area contributed by atoms with E-state index in [4.69, 9.17) is 5.11 Å². The van der Waals surface area contributed by atoms with Crippen LogP contribution >= 0.6 is 11.3 Å². The van der Waals surface area contributed by atoms with E-state index in [2.05, 4.69) is 11.4 Å². The summed E-state index contributed by atoms with van der Waals surface area (Å²) in [5, 5.41) is 13.9. The fraction of sp³-hybridized carbons (Fsp3) is 0.571. The SMILES string of the molecule is CC(Cc1cccs1)NC(=O)N1CCCC1CC(=O)O. The average molecular weight is 296 g/mol. The molecule has 1 aromatic rings. The van der Waals surface area contributed by atoms with Crippen molar-refractivity contribution in [3.05, 3.63) is 22.4 Å². The topological polar surface area (TPSA) is 69.6 Å². The smallest absolute Gasteiger partial charge is 0.317 e. The summed E-state index contributed by atoms with van der Waals surface area (Å²) in [6, 6.07) is 3.79. The highest BCUT2D eigenvalue weighted by atomic mass is 32.1. The number of aliphatic carboxylic acids is 1. The van der Waals surface area contributed by atoms with E-state index in [1.54, 1.807) is 16.2 Å². The van der Waals surface area contributed by atoms with E-state index in [9.17, 15) is 9.59 Å². The van der Waals surface area contributed by atoms with E-state index in [1.165, 1.54) is 4.88 Å². The Kier molecular flexibility index (Phi) is 5.00. The lowest BCUT2D eigenvalue weighted by Gasteiger charge is -2.25. The number of carbonyl (C=O) groups excluding carboxylic acids is 1. The third-order valence-electron chi connectivity index (χ3n) is 3.51. The molecule has 0 spiro atoms. The summed E-state index contributed by atoms with van der Waals surface area (Å²) in [5.41, 5.74) is 0. The van der Waals surface area contributed by atoms with Crippen LogP contribution in [0.5, 0.6) is 0 Å². The molecule has 1 aliphatic rings. The number of rotatable bonds is 5. The molecule has 110 valence electrons. The number of urea groups is 1. The van der Waals surface area contributed by atoms with Crippen LogP contribution in [-0.4, -0.2) is 40.6 Å². The van der Waals surface area contributed by atoms with Crippen LogP contribution in [0.25, 0.3) is 0 Å². The van der Waals surface area contributed by atoms with Crippen LogP contribution in [0.4, 0.5) is 4.79 Å². The van der Waals surface area contributed by atoms with E-state index < -0.39 is 5.97 Å². The summed E-state index contributed by atoms with van der Waals surface area (Å²) in [7, 11) is 0. The van der Waals surface area contributed by atoms with Gasteiger partial charge in [0.1, 0.15) is 0 Å². The zero-order valence-corrected chi connectivity index (χ0v) is 12.4. The number of hydrogen-bond donors (Lipinski definition) is 2. The highest BCUT2D eigenvalue weighted by Crippen LogP contribution is 2.20. The molecule has 1 fully saturated rings. The first-order chi connectivity index (χ1) is 9.56. The van der Waals surface area contributed by atoms with Crippen LogP contribution in [-0.2, 0) is 11.2 Å². The van der Waals surface area contributed by atoms with Gasteiger partial charge in [0.15, 0.2) is 0 Å². The molecule has 2 atom stereocenters. The van der Waals surface area contributed by atoms with Crippen molar-refractivity contribution in [1.82, 2.24) is 10.2 Å². The quantitative estimate of drug-likeness (QED) is 0.876. The van der Waals surface area contributed by atoms with Crippen LogP contribution in [0, 0.1) is 0 Å². The van der Waals surface area contributed by atoms with Crippen LogP contribution in [0.1, 0.15) is 31.1 Å². The van der Waals surface area contributed by atoms with Crippen LogP contribution < -0.4 is 5.32 Å². The van der Waals surface area contributed by atoms with Gasteiger partial charge in [-0.15, -0.1) is 11.3 Å². The zero-order chi connectivity index (χ0) is 14.5. The maximum Gasteiger partial charge on any atom is 0.317 e. The van der Waals surface area contributed by atoms with E-state index in [0.29, 0.717) is 6.54 Å². The zero-order valence-electron chi connectivity index (χ0n) is 11.5. The predicted molar refractivity (Wildman–Crippen MR) is 78.0 cm³/mol. The highest BCUT2D eigenvalue weighted by molar-refractivity contribution is 7.09. The van der Waals surface area contributed by atoms with Gasteiger partial charge in [-0.05, 0) is 31.2 Å². The molecule has 0 bridgehead atoms. The summed E-state index contributed by atoms with van der Waals surface area (Å²) in [6.45, 7) is 2.62. The van der Waals surface area contributed by atoms with E-state index in [0.717, 1.165) is 19.3 Å². The standard InChI is InChI=1S/C14H20N2O3S/c1-10(8-12-5-3-7-20-12)15-14(19)16-6-2-4-11(16)9-13(17)18/h3,5,7,10-11H,2,4,6,8-9H2,1H3,(H,15,19)(H,17,18). The first-order valence-electron chi connectivity index (χ1n) is 6.87. The van der Waals surface area contributed by atoms with Gasteiger partial charge in [0.05, 0.1) is 6.42 Å². The van der Waals surface area contributed by atoms with Gasteiger partial charge in [-0.25, -0.2) is 4.79 Å². The summed E-state index contributed by atoms with van der Waals surface area (Å²) in [5.74, 6) is -0.846. The minimum Gasteiger partial charge on any atom is -0.481 e. The van der Waals surface area contributed by atoms with Crippen molar-refractivity contribution in [1.29, 1.82) is 0 Å². The Morgan fingerprint density at radius 3 is 3.05 bits per heavy atom. The molecule has 1 aliphatic heterocycles. The molecule has 0 saturated carbocycles. The number of likely N-dealkylation sites (tertiary alicyclic amines) is 1. The maximum atomic E-state index is 12.2. The molecule has 0 aliphatic carbocycles. The number of carboxylic acid groups (broad SMARTS) is 1. The van der Waals surface area contributed by atoms with Gasteiger partial charge in [0, 0.05) is 29.9 Å². The second-order valence-electron chi connectivity index (χ2n) is 5.22. The monoisotopic (exact) mass is 296 g/mol. The van der Waals surface area contributed by atoms with Gasteiger partial charge in [0.25, 0.3) is 0 Å². The summed E-state index contributed by atoms with van der Waals surface area (Å²) >= 11 is 1.68. The molecular weight excluding hydrogens is 276 g/mol. The summed E-state index contributed by atoms with van der Waals surface area (Å²) in [6.07, 6.45) is 2.50. The minimum absolute atomic E-state index is 0.0344. The fourth-order valence-electron chi connectivity index (χ4n) is 2.59. The third-order valence-corrected chi connectivity index (χ3v) is 4.40. The highest BCUT2D eigenvalue weighted by Gasteiger charge is 2.30. The molecule has 1 saturated heterocycles. The molecule has 0 aromatic carbocycles. The average Bonchev–Trinajstić information content (AvgIpc) is 2.99. The Morgan fingerprint density at radius 2 is 2.40 bits per heavy atom. The Bertz CT molecular complexity index is 461. The van der Waals surface area contributed by atoms with Crippen LogP contribution in [0.15, 0.2) is 17.5 Å². The van der Waals surface area contributed by atoms with Crippen molar-refractivity contribution in [2.24, 2.45) is 0 Å². The van der Waals surface area contributed by atoms with E-state index >= 15 is 0 Å². The number of amides is 2. The van der Waals surface area contributed by atoms with Gasteiger partial charge in [-0.2, -0.15) is 0 Å². The van der Waals surface area contributed by atoms with Crippen molar-refractivity contribution < 1.29 is 14.7 Å². The fourth-order valence-corrected chi connectivity index (χ4v) is 3.43. The van der Waals surface area contributed by atoms with Gasteiger partial charge < -0.3 is 15.3 Å². The molecule has 5 nitrogen and oxygen atoms in total. The lowest BCUT2D eigenvalue weighted by molar-refractivity contribution is -0.137. The van der Waals surface area contributed by atoms with Crippen molar-refractivity contribution in [3.8, 4) is 0 Å². The second-order valence-corrected chi connectivity index (χ2v) is 6.25. The summed E-state index contributed by atoms with van der Waals surface area (Å²) in [4.78, 5) is 25.9. The molecule has 2 N–H and O–H groups in total. The van der Waals surface area contributed by atoms with Gasteiger partial charge in [-0.3, -0.25) is 4.79 Å². The molecule has 1 aromatic heterocycles. The number of nitrogens with one attached hydrogen (secondary N) is 1. The van der Waals surface area contributed by atoms with Crippen molar-refractivity contribution in [2.45, 2.75) is 44.7 Å². The molecule has 20 heavy (non-hydrogen) atoms. The lowest BCUT2D eigenvalue weighted by Crippen LogP contribution is -2.47. The lowest BCUT2D eigenvalue weighted by atomic mass is 10.1. The Balaban J connectivity index is 1.85. The molecule has 6 heteroatoms. The third kappa shape index (κ3) is 3.96. The molecule has 2 heterocycles. The van der Waals surface area contributed by atoms with Crippen LogP contribution in [0.3, 0.4) is 0 Å². The number of nitrogens with zero attached hydrogens (tertiary/aromatic N) is 1. The maximum absolute atomic E-state index is 12.2. The Morgan fingerprint density at radius 1 is 1.60 bits per heavy atom. The molecule has 2 unspecified atom stereocenters. The molecule has 2 rings (SSSR count). The number of carboxylic acids is 1. The van der Waals surface area contributed by atoms with E-state index in [1.807, 2.05) is 18.4 Å². The Hall–Kier alpha value is -1.56. The molecular formula is C14H20N2O3S.